The Kier molecular flexibility index (Phi) is 20.3. The van der Waals surface area contributed by atoms with Crippen LogP contribution in [-0.4, -0.2) is 48.9 Å². The Balaban J connectivity index is 0.000000722. The Morgan fingerprint density at radius 1 is 0.410 bits per heavy atom. The molecule has 0 spiro atoms. The molecule has 0 radical (unpaired) electrons. The first-order chi connectivity index (χ1) is 17.8. The van der Waals surface area contributed by atoms with E-state index >= 15 is 0 Å². The molecule has 0 heterocycles. The van der Waals surface area contributed by atoms with Crippen LogP contribution in [-0.2, 0) is 0 Å². The van der Waals surface area contributed by atoms with E-state index < -0.39 is 0 Å². The topological polar surface area (TPSA) is 46.1 Å². The van der Waals surface area contributed by atoms with Crippen LogP contribution in [0.3, 0.4) is 0 Å². The van der Waals surface area contributed by atoms with Crippen molar-refractivity contribution in [1.82, 2.24) is 0 Å². The van der Waals surface area contributed by atoms with Crippen LogP contribution in [0.4, 0.5) is 0 Å². The predicted octanol–water partition coefficient (Wildman–Crippen LogP) is 9.54. The summed E-state index contributed by atoms with van der Waals surface area (Å²) < 4.78 is 0. The molecule has 39 heavy (non-hydrogen) atoms. The maximum atomic E-state index is 11.1. The van der Waals surface area contributed by atoms with Gasteiger partial charge in [0.05, 0.1) is 0 Å². The molecule has 0 N–H and O–H groups in total. The van der Waals surface area contributed by atoms with Crippen molar-refractivity contribution in [2.24, 2.45) is 35.5 Å². The van der Waals surface area contributed by atoms with Gasteiger partial charge in [-0.05, 0) is 97.0 Å². The van der Waals surface area contributed by atoms with Gasteiger partial charge in [0, 0.05) is 0 Å². The molecule has 0 aliphatic heterocycles. The van der Waals surface area contributed by atoms with Crippen LogP contribution in [0.2, 0.25) is 0 Å². The van der Waals surface area contributed by atoms with Crippen molar-refractivity contribution in [2.75, 3.05) is 0 Å². The van der Waals surface area contributed by atoms with E-state index in [1.54, 1.807) is 24.3 Å². The molecule has 0 saturated heterocycles. The molecule has 0 amide bonds. The third kappa shape index (κ3) is 17.9. The second-order valence-electron chi connectivity index (χ2n) is 13.6. The largest absolute Gasteiger partial charge is 2.00 e. The van der Waals surface area contributed by atoms with E-state index in [0.29, 0.717) is 11.8 Å². The number of benzene rings is 2. The Morgan fingerprint density at radius 2 is 0.667 bits per heavy atom. The molecule has 0 aromatic heterocycles. The Bertz CT molecular complexity index is 785. The van der Waals surface area contributed by atoms with Gasteiger partial charge in [-0.25, -0.2) is 0 Å². The Hall–Kier alpha value is -0.389. The van der Waals surface area contributed by atoms with Crippen molar-refractivity contribution in [2.45, 2.75) is 120 Å². The van der Waals surface area contributed by atoms with Crippen LogP contribution in [0.1, 0.15) is 131 Å². The van der Waals surface area contributed by atoms with Crippen LogP contribution in [0.25, 0.3) is 0 Å². The molecule has 2 aromatic carbocycles. The molecule has 2 aromatic rings. The van der Waals surface area contributed by atoms with Crippen LogP contribution < -0.4 is 10.2 Å². The van der Waals surface area contributed by atoms with Crippen molar-refractivity contribution in [3.8, 4) is 11.5 Å². The maximum Gasteiger partial charge on any atom is 2.00 e. The molecule has 6 unspecified atom stereocenters. The first-order valence-electron chi connectivity index (χ1n) is 15.3. The number of hydrogen-bond acceptors (Lipinski definition) is 2. The van der Waals surface area contributed by atoms with Gasteiger partial charge in [0.25, 0.3) is 0 Å². The zero-order valence-electron chi connectivity index (χ0n) is 27.0. The van der Waals surface area contributed by atoms with Crippen LogP contribution >= 0.6 is 0 Å². The second kappa shape index (κ2) is 20.5. The first-order valence-corrected chi connectivity index (χ1v) is 15.3. The van der Waals surface area contributed by atoms with Gasteiger partial charge in [-0.1, -0.05) is 118 Å². The van der Waals surface area contributed by atoms with Gasteiger partial charge >= 0.3 is 48.9 Å². The number of hydrogen-bond donors (Lipinski definition) is 0. The maximum absolute atomic E-state index is 11.1. The van der Waals surface area contributed by atoms with Crippen molar-refractivity contribution in [1.29, 1.82) is 0 Å². The molecular formula is C36H58BaO2. The van der Waals surface area contributed by atoms with E-state index in [0.717, 1.165) is 35.5 Å². The van der Waals surface area contributed by atoms with Crippen LogP contribution in [0.15, 0.2) is 48.5 Å². The molecule has 0 bridgehead atoms. The molecule has 3 heteroatoms. The van der Waals surface area contributed by atoms with Gasteiger partial charge in [0.15, 0.2) is 0 Å². The minimum absolute atomic E-state index is 0. The molecule has 2 nitrogen and oxygen atoms in total. The van der Waals surface area contributed by atoms with Crippen LogP contribution in [0, 0.1) is 35.5 Å². The molecule has 0 saturated carbocycles. The average molecular weight is 660 g/mol. The van der Waals surface area contributed by atoms with Gasteiger partial charge in [0.2, 0.25) is 0 Å². The standard InChI is InChI=1S/2C18H30O.Ba/c2*1-13(2)10-14(3)11-15(4)12-16(5)17-6-8-18(19)9-7-17;/h2*6-9,13-16,19H,10-12H2,1-5H3;/q;;+2/p-2. The van der Waals surface area contributed by atoms with Gasteiger partial charge in [-0.3, -0.25) is 0 Å². The number of rotatable bonds is 14. The quantitative estimate of drug-likeness (QED) is 0.190. The molecule has 216 valence electrons. The SMILES string of the molecule is CC(C)CC(C)CC(C)CC(C)c1ccc([O-])cc1.CC(C)CC(C)CC(C)CC(C)c1ccc([O-])cc1.[Ba+2]. The fraction of sp³-hybridized carbons (Fsp3) is 0.667. The van der Waals surface area contributed by atoms with E-state index in [2.05, 4.69) is 69.2 Å². The minimum Gasteiger partial charge on any atom is -0.872 e. The molecule has 0 aliphatic rings. The van der Waals surface area contributed by atoms with E-state index in [-0.39, 0.29) is 60.4 Å². The molecule has 0 aliphatic carbocycles. The third-order valence-electron chi connectivity index (χ3n) is 7.77. The Morgan fingerprint density at radius 3 is 0.923 bits per heavy atom. The summed E-state index contributed by atoms with van der Waals surface area (Å²) >= 11 is 0. The fourth-order valence-corrected chi connectivity index (χ4v) is 6.44. The summed E-state index contributed by atoms with van der Waals surface area (Å²) in [5, 5.41) is 22.2. The smallest absolute Gasteiger partial charge is 0.872 e. The van der Waals surface area contributed by atoms with Crippen molar-refractivity contribution >= 4 is 48.9 Å². The minimum atomic E-state index is 0. The van der Waals surface area contributed by atoms with Gasteiger partial charge in [-0.2, -0.15) is 0 Å². The van der Waals surface area contributed by atoms with Crippen molar-refractivity contribution in [3.63, 3.8) is 0 Å². The van der Waals surface area contributed by atoms with E-state index in [1.165, 1.54) is 49.7 Å². The summed E-state index contributed by atoms with van der Waals surface area (Å²) in [5.41, 5.74) is 2.59. The van der Waals surface area contributed by atoms with E-state index in [9.17, 15) is 10.2 Å². The molecule has 6 atom stereocenters. The van der Waals surface area contributed by atoms with Crippen LogP contribution in [0.5, 0.6) is 11.5 Å². The zero-order valence-corrected chi connectivity index (χ0v) is 31.4. The van der Waals surface area contributed by atoms with E-state index in [4.69, 9.17) is 0 Å². The third-order valence-corrected chi connectivity index (χ3v) is 7.77. The monoisotopic (exact) mass is 660 g/mol. The molecule has 0 fully saturated rings. The first kappa shape index (κ1) is 38.6. The fourth-order valence-electron chi connectivity index (χ4n) is 6.44. The average Bonchev–Trinajstić information content (AvgIpc) is 2.78. The molecule has 2 rings (SSSR count). The van der Waals surface area contributed by atoms with Crippen molar-refractivity contribution < 1.29 is 10.2 Å². The van der Waals surface area contributed by atoms with Gasteiger partial charge in [-0.15, -0.1) is 11.5 Å². The summed E-state index contributed by atoms with van der Waals surface area (Å²) in [4.78, 5) is 0. The van der Waals surface area contributed by atoms with Gasteiger partial charge < -0.3 is 10.2 Å². The van der Waals surface area contributed by atoms with Gasteiger partial charge in [0.1, 0.15) is 0 Å². The summed E-state index contributed by atoms with van der Waals surface area (Å²) in [6.45, 7) is 23.2. The van der Waals surface area contributed by atoms with E-state index in [1.807, 2.05) is 24.3 Å². The predicted molar refractivity (Wildman–Crippen MR) is 168 cm³/mol. The zero-order chi connectivity index (χ0) is 28.8. The summed E-state index contributed by atoms with van der Waals surface area (Å²) in [5.74, 6) is 6.00. The normalized spacial score (nSPS) is 15.9. The summed E-state index contributed by atoms with van der Waals surface area (Å²) in [6.07, 6.45) is 7.68. The second-order valence-corrected chi connectivity index (χ2v) is 13.6. The molecular weight excluding hydrogens is 602 g/mol. The Labute approximate surface area is 282 Å². The van der Waals surface area contributed by atoms with Crippen molar-refractivity contribution in [3.05, 3.63) is 59.7 Å². The summed E-state index contributed by atoms with van der Waals surface area (Å²) in [6, 6.07) is 14.6. The summed E-state index contributed by atoms with van der Waals surface area (Å²) in [7, 11) is 0.